The Labute approximate surface area is 137 Å². The lowest BCUT2D eigenvalue weighted by Gasteiger charge is -2.51. The molecule has 0 spiro atoms. The van der Waals surface area contributed by atoms with E-state index < -0.39 is 0 Å². The fraction of sp³-hybridized carbons (Fsp3) is 0.588. The first-order chi connectivity index (χ1) is 11.0. The van der Waals surface area contributed by atoms with Crippen molar-refractivity contribution in [3.63, 3.8) is 0 Å². The van der Waals surface area contributed by atoms with Gasteiger partial charge in [-0.05, 0) is 24.1 Å². The number of nitrogens with zero attached hydrogens (tertiary/aromatic N) is 1. The van der Waals surface area contributed by atoms with E-state index in [1.54, 1.807) is 14.2 Å². The summed E-state index contributed by atoms with van der Waals surface area (Å²) in [6, 6.07) is 6.32. The van der Waals surface area contributed by atoms with Crippen molar-refractivity contribution >= 4 is 5.96 Å². The number of methoxy groups -OCH3 is 1. The molecule has 126 valence electrons. The molecular formula is C17H25N3O3. The summed E-state index contributed by atoms with van der Waals surface area (Å²) in [5.74, 6) is 2.41. The number of rotatable bonds is 4. The molecule has 2 N–H and O–H groups in total. The maximum absolute atomic E-state index is 5.49. The summed E-state index contributed by atoms with van der Waals surface area (Å²) in [4.78, 5) is 4.31. The van der Waals surface area contributed by atoms with E-state index in [1.807, 2.05) is 18.2 Å². The molecule has 6 nitrogen and oxygen atoms in total. The van der Waals surface area contributed by atoms with Crippen molar-refractivity contribution in [3.05, 3.63) is 23.8 Å². The minimum absolute atomic E-state index is 0.102. The van der Waals surface area contributed by atoms with Crippen LogP contribution in [0.3, 0.4) is 0 Å². The Balaban J connectivity index is 1.55. The third kappa shape index (κ3) is 3.08. The van der Waals surface area contributed by atoms with Gasteiger partial charge in [0.1, 0.15) is 0 Å². The van der Waals surface area contributed by atoms with Gasteiger partial charge in [-0.2, -0.15) is 0 Å². The van der Waals surface area contributed by atoms with E-state index in [4.69, 9.17) is 14.2 Å². The largest absolute Gasteiger partial charge is 0.454 e. The van der Waals surface area contributed by atoms with Gasteiger partial charge >= 0.3 is 0 Å². The lowest BCUT2D eigenvalue weighted by molar-refractivity contribution is -0.0922. The molecule has 1 saturated carbocycles. The van der Waals surface area contributed by atoms with E-state index in [1.165, 1.54) is 0 Å². The summed E-state index contributed by atoms with van der Waals surface area (Å²) in [7, 11) is 3.56. The molecule has 0 amide bonds. The van der Waals surface area contributed by atoms with Crippen molar-refractivity contribution in [2.45, 2.75) is 39.0 Å². The Morgan fingerprint density at radius 1 is 1.35 bits per heavy atom. The summed E-state index contributed by atoms with van der Waals surface area (Å²) in [5.41, 5.74) is 1.23. The molecule has 6 heteroatoms. The number of ether oxygens (including phenoxy) is 3. The normalized spacial score (nSPS) is 25.0. The van der Waals surface area contributed by atoms with Crippen LogP contribution in [-0.2, 0) is 11.3 Å². The van der Waals surface area contributed by atoms with Crippen LogP contribution >= 0.6 is 0 Å². The van der Waals surface area contributed by atoms with Gasteiger partial charge in [-0.25, -0.2) is 0 Å². The van der Waals surface area contributed by atoms with Crippen molar-refractivity contribution in [3.8, 4) is 11.5 Å². The number of nitrogens with one attached hydrogen (secondary N) is 2. The molecule has 3 rings (SSSR count). The molecule has 2 unspecified atom stereocenters. The van der Waals surface area contributed by atoms with Crippen LogP contribution in [0.25, 0.3) is 0 Å². The smallest absolute Gasteiger partial charge is 0.231 e. The number of fused-ring (bicyclic) bond motifs is 1. The van der Waals surface area contributed by atoms with Gasteiger partial charge in [0, 0.05) is 32.2 Å². The lowest BCUT2D eigenvalue weighted by atomic mass is 9.64. The highest BCUT2D eigenvalue weighted by atomic mass is 16.7. The Morgan fingerprint density at radius 2 is 2.13 bits per heavy atom. The van der Waals surface area contributed by atoms with Gasteiger partial charge in [0.25, 0.3) is 0 Å². The molecular weight excluding hydrogens is 294 g/mol. The molecule has 1 aromatic carbocycles. The summed E-state index contributed by atoms with van der Waals surface area (Å²) in [6.45, 7) is 5.41. The van der Waals surface area contributed by atoms with Crippen molar-refractivity contribution in [1.82, 2.24) is 10.6 Å². The van der Waals surface area contributed by atoms with E-state index in [9.17, 15) is 0 Å². The SMILES string of the molecule is CN=C(NCc1ccc2c(c1)OCO2)NC1CC(OC)C1(C)C. The van der Waals surface area contributed by atoms with Crippen LogP contribution in [0.5, 0.6) is 11.5 Å². The Kier molecular flexibility index (Phi) is 4.35. The van der Waals surface area contributed by atoms with Gasteiger partial charge in [0.15, 0.2) is 17.5 Å². The van der Waals surface area contributed by atoms with E-state index in [0.29, 0.717) is 25.5 Å². The Bertz CT molecular complexity index is 601. The first-order valence-electron chi connectivity index (χ1n) is 7.93. The van der Waals surface area contributed by atoms with Gasteiger partial charge in [0.05, 0.1) is 6.10 Å². The summed E-state index contributed by atoms with van der Waals surface area (Å²) in [5, 5.41) is 6.83. The van der Waals surface area contributed by atoms with Gasteiger partial charge in [-0.15, -0.1) is 0 Å². The van der Waals surface area contributed by atoms with Crippen molar-refractivity contribution in [1.29, 1.82) is 0 Å². The maximum Gasteiger partial charge on any atom is 0.231 e. The van der Waals surface area contributed by atoms with Crippen LogP contribution in [0.2, 0.25) is 0 Å². The fourth-order valence-corrected chi connectivity index (χ4v) is 3.13. The molecule has 23 heavy (non-hydrogen) atoms. The average Bonchev–Trinajstić information content (AvgIpc) is 3.01. The highest BCUT2D eigenvalue weighted by Crippen LogP contribution is 2.42. The zero-order valence-electron chi connectivity index (χ0n) is 14.2. The van der Waals surface area contributed by atoms with E-state index in [-0.39, 0.29) is 5.41 Å². The average molecular weight is 319 g/mol. The minimum atomic E-state index is 0.102. The van der Waals surface area contributed by atoms with Crippen LogP contribution in [0, 0.1) is 5.41 Å². The van der Waals surface area contributed by atoms with Gasteiger partial charge < -0.3 is 24.8 Å². The van der Waals surface area contributed by atoms with Crippen molar-refractivity contribution < 1.29 is 14.2 Å². The van der Waals surface area contributed by atoms with Crippen LogP contribution in [0.1, 0.15) is 25.8 Å². The first kappa shape index (κ1) is 15.9. The number of hydrogen-bond acceptors (Lipinski definition) is 4. The van der Waals surface area contributed by atoms with Crippen LogP contribution in [0.4, 0.5) is 0 Å². The van der Waals surface area contributed by atoms with Crippen molar-refractivity contribution in [2.24, 2.45) is 10.4 Å². The molecule has 1 fully saturated rings. The topological polar surface area (TPSA) is 64.1 Å². The monoisotopic (exact) mass is 319 g/mol. The number of benzene rings is 1. The van der Waals surface area contributed by atoms with Crippen LogP contribution in [-0.4, -0.2) is 39.1 Å². The summed E-state index contributed by atoms with van der Waals surface area (Å²) in [6.07, 6.45) is 1.29. The van der Waals surface area contributed by atoms with Gasteiger partial charge in [0.2, 0.25) is 6.79 Å². The van der Waals surface area contributed by atoms with Crippen molar-refractivity contribution in [2.75, 3.05) is 21.0 Å². The standard InChI is InChI=1S/C17H25N3O3/c1-17(2)14(8-15(17)21-4)20-16(18-3)19-9-11-5-6-12-13(7-11)23-10-22-12/h5-7,14-15H,8-10H2,1-4H3,(H2,18,19,20). The second-order valence-electron chi connectivity index (χ2n) is 6.59. The molecule has 0 aromatic heterocycles. The molecule has 2 aliphatic rings. The Morgan fingerprint density at radius 3 is 2.83 bits per heavy atom. The lowest BCUT2D eigenvalue weighted by Crippen LogP contribution is -2.63. The third-order valence-electron chi connectivity index (χ3n) is 4.89. The first-order valence-corrected chi connectivity index (χ1v) is 7.93. The maximum atomic E-state index is 5.49. The molecule has 0 saturated heterocycles. The number of guanidine groups is 1. The van der Waals surface area contributed by atoms with Gasteiger partial charge in [-0.1, -0.05) is 19.9 Å². The van der Waals surface area contributed by atoms with E-state index >= 15 is 0 Å². The van der Waals surface area contributed by atoms with Crippen LogP contribution < -0.4 is 20.1 Å². The van der Waals surface area contributed by atoms with Crippen LogP contribution in [0.15, 0.2) is 23.2 Å². The predicted octanol–water partition coefficient (Wildman–Crippen LogP) is 1.89. The fourth-order valence-electron chi connectivity index (χ4n) is 3.13. The molecule has 1 aliphatic heterocycles. The predicted molar refractivity (Wildman–Crippen MR) is 88.9 cm³/mol. The summed E-state index contributed by atoms with van der Waals surface area (Å²) >= 11 is 0. The minimum Gasteiger partial charge on any atom is -0.454 e. The molecule has 0 bridgehead atoms. The zero-order valence-corrected chi connectivity index (χ0v) is 14.2. The quantitative estimate of drug-likeness (QED) is 0.655. The number of hydrogen-bond donors (Lipinski definition) is 2. The molecule has 0 radical (unpaired) electrons. The second kappa shape index (κ2) is 6.28. The molecule has 1 aliphatic carbocycles. The molecule has 1 aromatic rings. The van der Waals surface area contributed by atoms with E-state index in [2.05, 4.69) is 29.5 Å². The highest BCUT2D eigenvalue weighted by Gasteiger charge is 2.48. The van der Waals surface area contributed by atoms with E-state index in [0.717, 1.165) is 29.4 Å². The molecule has 2 atom stereocenters. The Hall–Kier alpha value is -1.95. The third-order valence-corrected chi connectivity index (χ3v) is 4.89. The highest BCUT2D eigenvalue weighted by molar-refractivity contribution is 5.80. The number of aliphatic imine (C=N–C) groups is 1. The molecule has 1 heterocycles. The second-order valence-corrected chi connectivity index (χ2v) is 6.59. The summed E-state index contributed by atoms with van der Waals surface area (Å²) < 4.78 is 16.2. The zero-order chi connectivity index (χ0) is 16.4. The van der Waals surface area contributed by atoms with Gasteiger partial charge in [-0.3, -0.25) is 4.99 Å².